The predicted octanol–water partition coefficient (Wildman–Crippen LogP) is 4.19. The largest absolute Gasteiger partial charge is 0.352 e. The highest BCUT2D eigenvalue weighted by molar-refractivity contribution is 7.88. The summed E-state index contributed by atoms with van der Waals surface area (Å²) in [5.41, 5.74) is 0.748. The number of carbonyl (C=O) groups excluding carboxylic acids is 2. The molecule has 184 valence electrons. The van der Waals surface area contributed by atoms with E-state index in [-0.39, 0.29) is 35.5 Å². The summed E-state index contributed by atoms with van der Waals surface area (Å²) in [5.74, 6) is -2.11. The van der Waals surface area contributed by atoms with Crippen LogP contribution in [0.1, 0.15) is 48.5 Å². The Morgan fingerprint density at radius 2 is 1.82 bits per heavy atom. The van der Waals surface area contributed by atoms with E-state index in [1.54, 1.807) is 24.3 Å². The summed E-state index contributed by atoms with van der Waals surface area (Å²) in [7, 11) is -3.79. The van der Waals surface area contributed by atoms with E-state index in [0.717, 1.165) is 12.8 Å². The summed E-state index contributed by atoms with van der Waals surface area (Å²) >= 11 is 5.98. The molecule has 0 bridgehead atoms. The van der Waals surface area contributed by atoms with Crippen molar-refractivity contribution in [2.75, 3.05) is 25.0 Å². The van der Waals surface area contributed by atoms with Crippen molar-refractivity contribution < 1.29 is 22.4 Å². The third-order valence-electron chi connectivity index (χ3n) is 5.85. The molecular weight excluding hydrogens is 481 g/mol. The quantitative estimate of drug-likeness (QED) is 0.495. The van der Waals surface area contributed by atoms with Gasteiger partial charge < -0.3 is 10.6 Å². The number of nitrogens with zero attached hydrogens (tertiary/aromatic N) is 1. The zero-order chi connectivity index (χ0) is 24.7. The number of hydrogen-bond donors (Lipinski definition) is 2. The van der Waals surface area contributed by atoms with Crippen LogP contribution in [0.25, 0.3) is 0 Å². The van der Waals surface area contributed by atoms with Gasteiger partial charge in [-0.25, -0.2) is 17.1 Å². The van der Waals surface area contributed by atoms with E-state index in [4.69, 9.17) is 11.6 Å². The summed E-state index contributed by atoms with van der Waals surface area (Å²) in [4.78, 5) is 25.3. The van der Waals surface area contributed by atoms with Gasteiger partial charge in [0.05, 0.1) is 17.0 Å². The molecule has 1 saturated heterocycles. The molecule has 0 aromatic heterocycles. The second kappa shape index (κ2) is 11.8. The minimum Gasteiger partial charge on any atom is -0.352 e. The van der Waals surface area contributed by atoms with Crippen LogP contribution >= 0.6 is 11.6 Å². The van der Waals surface area contributed by atoms with E-state index in [2.05, 4.69) is 10.6 Å². The molecule has 0 radical (unpaired) electrons. The predicted molar refractivity (Wildman–Crippen MR) is 131 cm³/mol. The van der Waals surface area contributed by atoms with Gasteiger partial charge in [0.25, 0.3) is 5.91 Å². The average Bonchev–Trinajstić information content (AvgIpc) is 2.82. The Hall–Kier alpha value is -2.49. The van der Waals surface area contributed by atoms with Crippen molar-refractivity contribution in [3.8, 4) is 0 Å². The Kier molecular flexibility index (Phi) is 9.04. The van der Waals surface area contributed by atoms with Gasteiger partial charge in [-0.2, -0.15) is 0 Å². The number of piperidine rings is 1. The fraction of sp³-hybridized carbons (Fsp3) is 0.417. The number of benzene rings is 2. The maximum atomic E-state index is 14.1. The van der Waals surface area contributed by atoms with Gasteiger partial charge in [-0.15, -0.1) is 0 Å². The molecule has 1 aliphatic heterocycles. The molecule has 2 N–H and O–H groups in total. The molecule has 0 unspecified atom stereocenters. The lowest BCUT2D eigenvalue weighted by atomic mass is 9.97. The lowest BCUT2D eigenvalue weighted by Crippen LogP contribution is -2.42. The van der Waals surface area contributed by atoms with Crippen LogP contribution in [-0.2, 0) is 20.6 Å². The van der Waals surface area contributed by atoms with Crippen molar-refractivity contribution in [1.29, 1.82) is 0 Å². The number of halogens is 2. The fourth-order valence-electron chi connectivity index (χ4n) is 3.84. The van der Waals surface area contributed by atoms with Gasteiger partial charge >= 0.3 is 0 Å². The average molecular weight is 510 g/mol. The van der Waals surface area contributed by atoms with Gasteiger partial charge in [-0.3, -0.25) is 9.59 Å². The zero-order valence-corrected chi connectivity index (χ0v) is 20.6. The van der Waals surface area contributed by atoms with Crippen LogP contribution in [0.2, 0.25) is 5.02 Å². The molecular formula is C24H29ClFN3O4S. The first-order valence-electron chi connectivity index (χ1n) is 11.3. The Bertz CT molecular complexity index is 1110. The number of rotatable bonds is 9. The van der Waals surface area contributed by atoms with Gasteiger partial charge in [-0.05, 0) is 43.5 Å². The summed E-state index contributed by atoms with van der Waals surface area (Å²) in [5, 5.41) is 5.73. The Morgan fingerprint density at radius 3 is 2.50 bits per heavy atom. The molecule has 0 aliphatic carbocycles. The molecule has 7 nitrogen and oxygen atoms in total. The minimum absolute atomic E-state index is 0.0575. The maximum Gasteiger partial charge on any atom is 0.253 e. The van der Waals surface area contributed by atoms with Crippen molar-refractivity contribution in [3.05, 3.63) is 64.4 Å². The highest BCUT2D eigenvalue weighted by Gasteiger charge is 2.32. The number of anilines is 1. The van der Waals surface area contributed by atoms with Gasteiger partial charge in [0.15, 0.2) is 0 Å². The van der Waals surface area contributed by atoms with Crippen LogP contribution in [-0.4, -0.2) is 44.2 Å². The molecule has 34 heavy (non-hydrogen) atoms. The van der Waals surface area contributed by atoms with Gasteiger partial charge in [0.2, 0.25) is 15.9 Å². The van der Waals surface area contributed by atoms with E-state index >= 15 is 0 Å². The van der Waals surface area contributed by atoms with Crippen molar-refractivity contribution >= 4 is 39.1 Å². The topological polar surface area (TPSA) is 95.6 Å². The zero-order valence-electron chi connectivity index (χ0n) is 19.0. The number of amides is 2. The highest BCUT2D eigenvalue weighted by atomic mass is 35.5. The third-order valence-corrected chi connectivity index (χ3v) is 8.01. The maximum absolute atomic E-state index is 14.1. The first kappa shape index (κ1) is 26.1. The lowest BCUT2D eigenvalue weighted by Gasteiger charge is -2.30. The van der Waals surface area contributed by atoms with Crippen LogP contribution in [0.5, 0.6) is 0 Å². The summed E-state index contributed by atoms with van der Waals surface area (Å²) < 4.78 is 40.9. The van der Waals surface area contributed by atoms with E-state index in [9.17, 15) is 22.4 Å². The molecule has 2 aromatic carbocycles. The first-order chi connectivity index (χ1) is 16.2. The number of unbranched alkanes of at least 4 members (excludes halogenated alkanes) is 1. The monoisotopic (exact) mass is 509 g/mol. The van der Waals surface area contributed by atoms with Crippen molar-refractivity contribution in [2.24, 2.45) is 5.92 Å². The first-order valence-corrected chi connectivity index (χ1v) is 13.3. The molecule has 1 aliphatic rings. The molecule has 0 atom stereocenters. The molecule has 0 saturated carbocycles. The van der Waals surface area contributed by atoms with Crippen LogP contribution in [0.15, 0.2) is 42.5 Å². The number of sulfonamides is 1. The van der Waals surface area contributed by atoms with Crippen molar-refractivity contribution in [2.45, 2.75) is 38.4 Å². The summed E-state index contributed by atoms with van der Waals surface area (Å²) in [6.07, 6.45) is 2.47. The SMILES string of the molecule is CCCCNC(=O)c1ccccc1NC(=O)C1CCN(S(=O)(=O)Cc2c(F)cccc2Cl)CC1. The number of carbonyl (C=O) groups is 2. The third kappa shape index (κ3) is 6.55. The standard InChI is InChI=1S/C24H29ClFN3O4S/c1-2-3-13-27-24(31)18-7-4-5-10-22(18)28-23(30)17-11-14-29(15-12-17)34(32,33)16-19-20(25)8-6-9-21(19)26/h4-10,17H,2-3,11-16H2,1H3,(H,27,31)(H,28,30). The van der Waals surface area contributed by atoms with E-state index in [1.807, 2.05) is 6.92 Å². The number of nitrogens with one attached hydrogen (secondary N) is 2. The molecule has 0 spiro atoms. The van der Waals surface area contributed by atoms with Crippen LogP contribution in [0, 0.1) is 11.7 Å². The van der Waals surface area contributed by atoms with E-state index in [0.29, 0.717) is 30.6 Å². The highest BCUT2D eigenvalue weighted by Crippen LogP contribution is 2.27. The molecule has 1 heterocycles. The molecule has 1 fully saturated rings. The van der Waals surface area contributed by atoms with Crippen molar-refractivity contribution in [1.82, 2.24) is 9.62 Å². The normalized spacial score (nSPS) is 15.1. The molecule has 2 aromatic rings. The Labute approximate surface area is 204 Å². The van der Waals surface area contributed by atoms with Crippen LogP contribution < -0.4 is 10.6 Å². The smallest absolute Gasteiger partial charge is 0.253 e. The minimum atomic E-state index is -3.79. The summed E-state index contributed by atoms with van der Waals surface area (Å²) in [6.45, 7) is 2.88. The van der Waals surface area contributed by atoms with E-state index in [1.165, 1.54) is 22.5 Å². The Morgan fingerprint density at radius 1 is 1.12 bits per heavy atom. The van der Waals surface area contributed by atoms with Gasteiger partial charge in [0.1, 0.15) is 5.82 Å². The van der Waals surface area contributed by atoms with Crippen molar-refractivity contribution in [3.63, 3.8) is 0 Å². The lowest BCUT2D eigenvalue weighted by molar-refractivity contribution is -0.120. The second-order valence-electron chi connectivity index (χ2n) is 8.27. The molecule has 2 amide bonds. The number of para-hydroxylation sites is 1. The Balaban J connectivity index is 1.60. The van der Waals surface area contributed by atoms with Crippen LogP contribution in [0.3, 0.4) is 0 Å². The van der Waals surface area contributed by atoms with Gasteiger partial charge in [-0.1, -0.05) is 43.1 Å². The molecule has 3 rings (SSSR count). The second-order valence-corrected chi connectivity index (χ2v) is 10.7. The van der Waals surface area contributed by atoms with Gasteiger partial charge in [0, 0.05) is 36.1 Å². The molecule has 10 heteroatoms. The fourth-order valence-corrected chi connectivity index (χ4v) is 5.76. The van der Waals surface area contributed by atoms with E-state index < -0.39 is 27.5 Å². The number of hydrogen-bond acceptors (Lipinski definition) is 4. The summed E-state index contributed by atoms with van der Waals surface area (Å²) in [6, 6.07) is 10.8. The van der Waals surface area contributed by atoms with Crippen LogP contribution in [0.4, 0.5) is 10.1 Å².